The highest BCUT2D eigenvalue weighted by molar-refractivity contribution is 6.15. The number of methoxy groups -OCH3 is 2. The monoisotopic (exact) mass is 298 g/mol. The van der Waals surface area contributed by atoms with Crippen molar-refractivity contribution in [1.29, 1.82) is 0 Å². The van der Waals surface area contributed by atoms with E-state index < -0.39 is 5.92 Å². The number of ether oxygens (including phenoxy) is 2. The summed E-state index contributed by atoms with van der Waals surface area (Å²) in [6.45, 7) is 1.61. The lowest BCUT2D eigenvalue weighted by Gasteiger charge is -2.11. The quantitative estimate of drug-likeness (QED) is 0.606. The van der Waals surface area contributed by atoms with Crippen LogP contribution in [0.15, 0.2) is 48.5 Å². The van der Waals surface area contributed by atoms with Crippen LogP contribution in [0.5, 0.6) is 11.5 Å². The predicted octanol–water partition coefficient (Wildman–Crippen LogP) is 3.41. The van der Waals surface area contributed by atoms with Crippen molar-refractivity contribution in [2.75, 3.05) is 14.2 Å². The first-order valence-corrected chi connectivity index (χ1v) is 6.93. The first-order chi connectivity index (χ1) is 10.6. The molecule has 4 heteroatoms. The number of carbonyl (C=O) groups is 2. The lowest BCUT2D eigenvalue weighted by Crippen LogP contribution is -2.21. The predicted molar refractivity (Wildman–Crippen MR) is 83.8 cm³/mol. The van der Waals surface area contributed by atoms with Gasteiger partial charge in [0.2, 0.25) is 0 Å². The zero-order valence-electron chi connectivity index (χ0n) is 12.8. The third-order valence-corrected chi connectivity index (χ3v) is 3.50. The molecule has 0 spiro atoms. The summed E-state index contributed by atoms with van der Waals surface area (Å²) in [7, 11) is 3.07. The average Bonchev–Trinajstić information content (AvgIpc) is 2.59. The van der Waals surface area contributed by atoms with Crippen LogP contribution in [-0.2, 0) is 0 Å². The fourth-order valence-electron chi connectivity index (χ4n) is 2.17. The van der Waals surface area contributed by atoms with Crippen LogP contribution in [-0.4, -0.2) is 25.8 Å². The smallest absolute Gasteiger partial charge is 0.173 e. The van der Waals surface area contributed by atoms with Gasteiger partial charge in [-0.2, -0.15) is 0 Å². The molecule has 0 bridgehead atoms. The Kier molecular flexibility index (Phi) is 4.94. The summed E-state index contributed by atoms with van der Waals surface area (Å²) < 4.78 is 10.2. The molecule has 0 aliphatic rings. The lowest BCUT2D eigenvalue weighted by molar-refractivity contribution is 0.0820. The summed E-state index contributed by atoms with van der Waals surface area (Å²) in [6.07, 6.45) is 0. The standard InChI is InChI=1S/C18H18O4/c1-12(17(19)13-6-4-8-15(10-13)21-2)18(20)14-7-5-9-16(11-14)22-3/h4-12H,1-3H3. The zero-order chi connectivity index (χ0) is 16.1. The number of hydrogen-bond acceptors (Lipinski definition) is 4. The molecule has 0 N–H and O–H groups in total. The zero-order valence-corrected chi connectivity index (χ0v) is 12.8. The number of ketones is 2. The molecule has 2 aromatic carbocycles. The number of benzene rings is 2. The molecule has 114 valence electrons. The van der Waals surface area contributed by atoms with Crippen LogP contribution >= 0.6 is 0 Å². The molecule has 0 atom stereocenters. The van der Waals surface area contributed by atoms with Gasteiger partial charge in [-0.15, -0.1) is 0 Å². The highest BCUT2D eigenvalue weighted by atomic mass is 16.5. The van der Waals surface area contributed by atoms with Crippen LogP contribution in [0.4, 0.5) is 0 Å². The summed E-state index contributed by atoms with van der Waals surface area (Å²) in [5, 5.41) is 0. The summed E-state index contributed by atoms with van der Waals surface area (Å²) in [5.74, 6) is -0.0450. The van der Waals surface area contributed by atoms with Crippen molar-refractivity contribution in [3.63, 3.8) is 0 Å². The Morgan fingerprint density at radius 1 is 0.818 bits per heavy atom. The second-order valence-corrected chi connectivity index (χ2v) is 4.91. The number of rotatable bonds is 6. The molecule has 0 aliphatic carbocycles. The van der Waals surface area contributed by atoms with Crippen molar-refractivity contribution in [3.05, 3.63) is 59.7 Å². The van der Waals surface area contributed by atoms with Crippen LogP contribution in [0.25, 0.3) is 0 Å². The molecule has 22 heavy (non-hydrogen) atoms. The largest absolute Gasteiger partial charge is 0.497 e. The maximum Gasteiger partial charge on any atom is 0.173 e. The molecule has 0 radical (unpaired) electrons. The van der Waals surface area contributed by atoms with Crippen LogP contribution in [0.2, 0.25) is 0 Å². The molecule has 0 amide bonds. The van der Waals surface area contributed by atoms with E-state index in [2.05, 4.69) is 0 Å². The Morgan fingerprint density at radius 3 is 1.59 bits per heavy atom. The Balaban J connectivity index is 2.23. The SMILES string of the molecule is COc1cccc(C(=O)C(C)C(=O)c2cccc(OC)c2)c1. The van der Waals surface area contributed by atoms with E-state index >= 15 is 0 Å². The van der Waals surface area contributed by atoms with Crippen molar-refractivity contribution in [3.8, 4) is 11.5 Å². The fourth-order valence-corrected chi connectivity index (χ4v) is 2.17. The maximum absolute atomic E-state index is 12.5. The topological polar surface area (TPSA) is 52.6 Å². The van der Waals surface area contributed by atoms with E-state index in [9.17, 15) is 9.59 Å². The van der Waals surface area contributed by atoms with E-state index in [0.717, 1.165) is 0 Å². The van der Waals surface area contributed by atoms with E-state index in [1.165, 1.54) is 14.2 Å². The minimum Gasteiger partial charge on any atom is -0.497 e. The molecular formula is C18H18O4. The van der Waals surface area contributed by atoms with Crippen LogP contribution < -0.4 is 9.47 Å². The third kappa shape index (κ3) is 3.34. The fraction of sp³-hybridized carbons (Fsp3) is 0.222. The second kappa shape index (κ2) is 6.89. The van der Waals surface area contributed by atoms with Crippen molar-refractivity contribution in [1.82, 2.24) is 0 Å². The molecule has 0 heterocycles. The Hall–Kier alpha value is -2.62. The molecule has 0 aliphatic heterocycles. The van der Waals surface area contributed by atoms with Crippen LogP contribution in [0.1, 0.15) is 27.6 Å². The molecule has 0 unspecified atom stereocenters. The minimum absolute atomic E-state index is 0.230. The van der Waals surface area contributed by atoms with Gasteiger partial charge >= 0.3 is 0 Å². The van der Waals surface area contributed by atoms with Gasteiger partial charge in [-0.3, -0.25) is 9.59 Å². The molecule has 0 fully saturated rings. The van der Waals surface area contributed by atoms with E-state index in [0.29, 0.717) is 22.6 Å². The molecule has 4 nitrogen and oxygen atoms in total. The molecular weight excluding hydrogens is 280 g/mol. The van der Waals surface area contributed by atoms with E-state index in [-0.39, 0.29) is 11.6 Å². The van der Waals surface area contributed by atoms with Crippen LogP contribution in [0.3, 0.4) is 0 Å². The van der Waals surface area contributed by atoms with Gasteiger partial charge in [-0.1, -0.05) is 24.3 Å². The summed E-state index contributed by atoms with van der Waals surface area (Å²) in [5.41, 5.74) is 0.922. The second-order valence-electron chi connectivity index (χ2n) is 4.91. The van der Waals surface area contributed by atoms with E-state index in [4.69, 9.17) is 9.47 Å². The lowest BCUT2D eigenvalue weighted by atomic mass is 9.91. The normalized spacial score (nSPS) is 10.4. The molecule has 0 saturated heterocycles. The first kappa shape index (κ1) is 15.8. The molecule has 2 aromatic rings. The van der Waals surface area contributed by atoms with E-state index in [1.807, 2.05) is 0 Å². The van der Waals surface area contributed by atoms with E-state index in [1.54, 1.807) is 55.5 Å². The van der Waals surface area contributed by atoms with Crippen molar-refractivity contribution in [2.45, 2.75) is 6.92 Å². The van der Waals surface area contributed by atoms with Crippen molar-refractivity contribution in [2.24, 2.45) is 5.92 Å². The summed E-state index contributed by atoms with van der Waals surface area (Å²) >= 11 is 0. The molecule has 2 rings (SSSR count). The van der Waals surface area contributed by atoms with Crippen molar-refractivity contribution >= 4 is 11.6 Å². The van der Waals surface area contributed by atoms with Gasteiger partial charge in [-0.05, 0) is 31.2 Å². The van der Waals surface area contributed by atoms with Crippen molar-refractivity contribution < 1.29 is 19.1 Å². The maximum atomic E-state index is 12.5. The van der Waals surface area contributed by atoms with Gasteiger partial charge in [0.15, 0.2) is 11.6 Å². The summed E-state index contributed by atoms with van der Waals surface area (Å²) in [4.78, 5) is 24.9. The van der Waals surface area contributed by atoms with Gasteiger partial charge in [0.25, 0.3) is 0 Å². The first-order valence-electron chi connectivity index (χ1n) is 6.93. The number of carbonyl (C=O) groups excluding carboxylic acids is 2. The van der Waals surface area contributed by atoms with Gasteiger partial charge in [-0.25, -0.2) is 0 Å². The molecule has 0 aromatic heterocycles. The van der Waals surface area contributed by atoms with Crippen LogP contribution in [0, 0.1) is 5.92 Å². The Bertz CT molecular complexity index is 631. The highest BCUT2D eigenvalue weighted by Gasteiger charge is 2.24. The third-order valence-electron chi connectivity index (χ3n) is 3.50. The van der Waals surface area contributed by atoms with Gasteiger partial charge in [0.05, 0.1) is 20.1 Å². The Morgan fingerprint density at radius 2 is 1.23 bits per heavy atom. The average molecular weight is 298 g/mol. The highest BCUT2D eigenvalue weighted by Crippen LogP contribution is 2.20. The Labute approximate surface area is 129 Å². The van der Waals surface area contributed by atoms with Gasteiger partial charge in [0.1, 0.15) is 11.5 Å². The number of Topliss-reactive ketones (excluding diaryl/α,β-unsaturated/α-hetero) is 2. The summed E-state index contributed by atoms with van der Waals surface area (Å²) in [6, 6.07) is 13.6. The minimum atomic E-state index is -0.765. The van der Waals surface area contributed by atoms with Gasteiger partial charge < -0.3 is 9.47 Å². The number of hydrogen-bond donors (Lipinski definition) is 0. The van der Waals surface area contributed by atoms with Gasteiger partial charge in [0, 0.05) is 11.1 Å². The molecule has 0 saturated carbocycles.